The fraction of sp³-hybridized carbons (Fsp3) is 0.548. The van der Waals surface area contributed by atoms with Crippen LogP contribution in [-0.2, 0) is 16.6 Å². The minimum atomic E-state index is -0.925. The van der Waals surface area contributed by atoms with Crippen LogP contribution in [0.3, 0.4) is 0 Å². The van der Waals surface area contributed by atoms with Gasteiger partial charge in [0.1, 0.15) is 17.5 Å². The fourth-order valence-electron chi connectivity index (χ4n) is 9.55. The molecule has 6 heteroatoms. The first-order chi connectivity index (χ1) is 17.8. The predicted molar refractivity (Wildman–Crippen MR) is 136 cm³/mol. The Hall–Kier alpha value is -2.41. The van der Waals surface area contributed by atoms with Crippen molar-refractivity contribution >= 4 is 0 Å². The number of fused-ring (bicyclic) bond motifs is 1. The zero-order valence-electron chi connectivity index (χ0n) is 21.4. The van der Waals surface area contributed by atoms with Crippen LogP contribution in [-0.4, -0.2) is 53.1 Å². The van der Waals surface area contributed by atoms with Gasteiger partial charge in [0, 0.05) is 36.1 Å². The molecule has 2 N–H and O–H groups in total. The molecule has 5 nitrogen and oxygen atoms in total. The second-order valence-electron chi connectivity index (χ2n) is 12.7. The summed E-state index contributed by atoms with van der Waals surface area (Å²) in [6.07, 6.45) is 8.50. The van der Waals surface area contributed by atoms with E-state index in [0.717, 1.165) is 38.3 Å². The Morgan fingerprint density at radius 1 is 1.16 bits per heavy atom. The second kappa shape index (κ2) is 6.96. The molecule has 2 aromatic rings. The van der Waals surface area contributed by atoms with Crippen molar-refractivity contribution in [2.75, 3.05) is 20.2 Å². The molecule has 2 heterocycles. The number of rotatable bonds is 5. The lowest BCUT2D eigenvalue weighted by atomic mass is 9.33. The van der Waals surface area contributed by atoms with Gasteiger partial charge < -0.3 is 19.7 Å². The molecule has 0 aromatic heterocycles. The van der Waals surface area contributed by atoms with E-state index in [9.17, 15) is 14.6 Å². The van der Waals surface area contributed by atoms with Crippen molar-refractivity contribution in [3.8, 4) is 11.5 Å². The molecule has 0 radical (unpaired) electrons. The van der Waals surface area contributed by atoms with Crippen LogP contribution in [0.4, 0.5) is 4.39 Å². The van der Waals surface area contributed by atoms with E-state index in [0.29, 0.717) is 11.3 Å². The molecule has 3 fully saturated rings. The van der Waals surface area contributed by atoms with Crippen LogP contribution in [0.15, 0.2) is 48.6 Å². The van der Waals surface area contributed by atoms with E-state index in [1.165, 1.54) is 36.1 Å². The summed E-state index contributed by atoms with van der Waals surface area (Å²) in [5, 5.41) is 23.1. The highest BCUT2D eigenvalue weighted by molar-refractivity contribution is 5.65. The maximum atomic E-state index is 13.8. The van der Waals surface area contributed by atoms with Gasteiger partial charge in [0.25, 0.3) is 0 Å². The zero-order valence-corrected chi connectivity index (χ0v) is 21.4. The summed E-state index contributed by atoms with van der Waals surface area (Å²) in [5.74, 6) is 1.25. The predicted octanol–water partition coefficient (Wildman–Crippen LogP) is 4.66. The van der Waals surface area contributed by atoms with Gasteiger partial charge >= 0.3 is 0 Å². The lowest BCUT2D eigenvalue weighted by Crippen LogP contribution is -2.81. The molecule has 2 saturated carbocycles. The quantitative estimate of drug-likeness (QED) is 0.582. The number of benzene rings is 2. The first kappa shape index (κ1) is 22.6. The number of aliphatic hydroxyl groups excluding tert-OH is 1. The van der Waals surface area contributed by atoms with Gasteiger partial charge in [-0.05, 0) is 73.9 Å². The van der Waals surface area contributed by atoms with Crippen LogP contribution in [0.25, 0.3) is 0 Å². The van der Waals surface area contributed by atoms with Crippen molar-refractivity contribution in [2.24, 2.45) is 16.7 Å². The molecular weight excluding hydrogens is 469 g/mol. The molecule has 9 rings (SSSR count). The van der Waals surface area contributed by atoms with Crippen molar-refractivity contribution in [1.29, 1.82) is 0 Å². The molecule has 2 aliphatic heterocycles. The van der Waals surface area contributed by atoms with E-state index in [1.807, 2.05) is 0 Å². The Labute approximate surface area is 216 Å². The molecule has 2 aromatic carbocycles. The Morgan fingerprint density at radius 3 is 2.68 bits per heavy atom. The minimum absolute atomic E-state index is 0.183. The first-order valence-corrected chi connectivity index (χ1v) is 13.7. The van der Waals surface area contributed by atoms with Gasteiger partial charge in [0.2, 0.25) is 0 Å². The van der Waals surface area contributed by atoms with Crippen LogP contribution in [0.1, 0.15) is 55.4 Å². The number of ether oxygens (including phenoxy) is 2. The maximum absolute atomic E-state index is 13.8. The standard InChI is InChI=1S/C31H34FNO4/c1-28(26(35)19-5-8-21(32)9-6-19)17-29-11-12-31(28,36-2)27-30(29)13-14-33(16-18-3-4-18)23(29)15-20-7-10-22(34)25(37-27)24(20)30/h5-12,18,23,26-27,34-35H,3-4,13-17H2,1-2H3/t23-,26-,27-,28+,29-,30+,31+/m0/s1. The van der Waals surface area contributed by atoms with Crippen LogP contribution >= 0.6 is 0 Å². The third kappa shape index (κ3) is 2.42. The topological polar surface area (TPSA) is 62.2 Å². The van der Waals surface area contributed by atoms with Crippen molar-refractivity contribution in [3.63, 3.8) is 0 Å². The third-order valence-electron chi connectivity index (χ3n) is 11.3. The second-order valence-corrected chi connectivity index (χ2v) is 12.7. The molecule has 37 heavy (non-hydrogen) atoms. The average Bonchev–Trinajstić information content (AvgIpc) is 3.64. The number of phenols is 1. The summed E-state index contributed by atoms with van der Waals surface area (Å²) >= 11 is 0. The van der Waals surface area contributed by atoms with E-state index < -0.39 is 17.1 Å². The highest BCUT2D eigenvalue weighted by atomic mass is 19.1. The van der Waals surface area contributed by atoms with Crippen molar-refractivity contribution in [3.05, 3.63) is 71.1 Å². The normalized spacial score (nSPS) is 41.4. The molecule has 0 amide bonds. The Bertz CT molecular complexity index is 1340. The van der Waals surface area contributed by atoms with Crippen LogP contribution in [0.2, 0.25) is 0 Å². The smallest absolute Gasteiger partial charge is 0.165 e. The summed E-state index contributed by atoms with van der Waals surface area (Å²) in [5.41, 5.74) is 0.869. The number of hydrogen-bond acceptors (Lipinski definition) is 5. The van der Waals surface area contributed by atoms with Crippen molar-refractivity contribution in [1.82, 2.24) is 4.90 Å². The van der Waals surface area contributed by atoms with Crippen LogP contribution < -0.4 is 4.74 Å². The van der Waals surface area contributed by atoms with Crippen molar-refractivity contribution in [2.45, 2.75) is 68.3 Å². The Kier molecular flexibility index (Phi) is 4.24. The lowest BCUT2D eigenvalue weighted by Gasteiger charge is -2.74. The molecular formula is C31H34FNO4. The first-order valence-electron chi connectivity index (χ1n) is 13.7. The minimum Gasteiger partial charge on any atom is -0.504 e. The van der Waals surface area contributed by atoms with Gasteiger partial charge in [-0.2, -0.15) is 0 Å². The molecule has 194 valence electrons. The summed E-state index contributed by atoms with van der Waals surface area (Å²) in [6, 6.07) is 10.4. The van der Waals surface area contributed by atoms with E-state index in [-0.39, 0.29) is 34.5 Å². The summed E-state index contributed by atoms with van der Waals surface area (Å²) in [4.78, 5) is 2.72. The van der Waals surface area contributed by atoms with Gasteiger partial charge in [-0.1, -0.05) is 37.3 Å². The van der Waals surface area contributed by atoms with E-state index in [2.05, 4.69) is 30.0 Å². The molecule has 5 aliphatic carbocycles. The summed E-state index contributed by atoms with van der Waals surface area (Å²) in [7, 11) is 1.71. The van der Waals surface area contributed by atoms with E-state index >= 15 is 0 Å². The number of likely N-dealkylation sites (tertiary alicyclic amines) is 1. The number of piperidine rings is 1. The van der Waals surface area contributed by atoms with E-state index in [1.54, 1.807) is 25.3 Å². The lowest BCUT2D eigenvalue weighted by molar-refractivity contribution is -0.270. The van der Waals surface area contributed by atoms with Gasteiger partial charge in [0.15, 0.2) is 11.5 Å². The number of aromatic hydroxyl groups is 1. The summed E-state index contributed by atoms with van der Waals surface area (Å²) < 4.78 is 27.1. The number of aliphatic hydroxyl groups is 1. The average molecular weight is 504 g/mol. The molecule has 1 saturated heterocycles. The Morgan fingerprint density at radius 2 is 1.95 bits per heavy atom. The van der Waals surface area contributed by atoms with E-state index in [4.69, 9.17) is 9.47 Å². The van der Waals surface area contributed by atoms with Crippen LogP contribution in [0, 0.1) is 22.6 Å². The third-order valence-corrected chi connectivity index (χ3v) is 11.3. The number of halogens is 1. The molecule has 2 spiro atoms. The zero-order chi connectivity index (χ0) is 25.4. The summed E-state index contributed by atoms with van der Waals surface area (Å²) in [6.45, 7) is 4.24. The van der Waals surface area contributed by atoms with Gasteiger partial charge in [-0.3, -0.25) is 4.90 Å². The Balaban J connectivity index is 1.37. The monoisotopic (exact) mass is 503 g/mol. The van der Waals surface area contributed by atoms with Gasteiger partial charge in [-0.25, -0.2) is 4.39 Å². The largest absolute Gasteiger partial charge is 0.504 e. The molecule has 7 aliphatic rings. The van der Waals surface area contributed by atoms with Crippen molar-refractivity contribution < 1.29 is 24.1 Å². The highest BCUT2D eigenvalue weighted by Crippen LogP contribution is 2.78. The molecule has 4 bridgehead atoms. The molecule has 7 atom stereocenters. The SMILES string of the molecule is CO[C@@]12C=C[C@]3(C[C@]1(C)[C@@H](O)c1ccc(F)cc1)[C@@H]1Cc4ccc(O)c5c4[C@]3(CCN1CC1CC1)[C@@H]2O5. The highest BCUT2D eigenvalue weighted by Gasteiger charge is 2.82. The number of hydrogen-bond donors (Lipinski definition) is 2. The molecule has 0 unspecified atom stereocenters. The maximum Gasteiger partial charge on any atom is 0.165 e. The number of methoxy groups -OCH3 is 1. The number of phenolic OH excluding ortho intramolecular Hbond substituents is 1. The number of nitrogens with zero attached hydrogens (tertiary/aromatic N) is 1. The van der Waals surface area contributed by atoms with Gasteiger partial charge in [-0.15, -0.1) is 0 Å². The van der Waals surface area contributed by atoms with Crippen LogP contribution in [0.5, 0.6) is 11.5 Å². The fourth-order valence-corrected chi connectivity index (χ4v) is 9.55. The van der Waals surface area contributed by atoms with Gasteiger partial charge in [0.05, 0.1) is 11.5 Å².